The number of nitrogens with zero attached hydrogens (tertiary/aromatic N) is 1. The fraction of sp³-hybridized carbons (Fsp3) is 0.556. The summed E-state index contributed by atoms with van der Waals surface area (Å²) >= 11 is 0. The highest BCUT2D eigenvalue weighted by molar-refractivity contribution is 5.83. The van der Waals surface area contributed by atoms with Gasteiger partial charge in [0.05, 0.1) is 0 Å². The Kier molecular flexibility index (Phi) is 4.61. The van der Waals surface area contributed by atoms with Crippen molar-refractivity contribution in [3.05, 3.63) is 36.0 Å². The standard InChI is InChI=1S/C18H27N3/c1-14(2)6-7-18(21-12-10-19-11-13-21)16-4-3-5-17-15(16)8-9-20-17/h3-5,8-9,14,18-20H,6-7,10-13H2,1-2H3/t18-/m0/s1. The highest BCUT2D eigenvalue weighted by Gasteiger charge is 2.23. The Morgan fingerprint density at radius 1 is 1.10 bits per heavy atom. The van der Waals surface area contributed by atoms with E-state index in [1.54, 1.807) is 0 Å². The summed E-state index contributed by atoms with van der Waals surface area (Å²) in [5, 5.41) is 4.86. The second-order valence-corrected chi connectivity index (χ2v) is 6.56. The molecule has 1 aromatic heterocycles. The number of hydrogen-bond donors (Lipinski definition) is 2. The Bertz CT molecular complexity index is 567. The maximum absolute atomic E-state index is 3.47. The Morgan fingerprint density at radius 2 is 1.90 bits per heavy atom. The fourth-order valence-electron chi connectivity index (χ4n) is 3.42. The van der Waals surface area contributed by atoms with Crippen molar-refractivity contribution in [3.8, 4) is 0 Å². The van der Waals surface area contributed by atoms with E-state index in [4.69, 9.17) is 0 Å². The summed E-state index contributed by atoms with van der Waals surface area (Å²) in [6, 6.07) is 9.47. The quantitative estimate of drug-likeness (QED) is 0.880. The van der Waals surface area contributed by atoms with Gasteiger partial charge in [0.1, 0.15) is 0 Å². The van der Waals surface area contributed by atoms with Crippen LogP contribution >= 0.6 is 0 Å². The summed E-state index contributed by atoms with van der Waals surface area (Å²) in [5.41, 5.74) is 2.76. The molecule has 0 saturated carbocycles. The van der Waals surface area contributed by atoms with Crippen LogP contribution in [0.3, 0.4) is 0 Å². The van der Waals surface area contributed by atoms with Crippen LogP contribution in [0.25, 0.3) is 10.9 Å². The molecular formula is C18H27N3. The predicted octanol–water partition coefficient (Wildman–Crippen LogP) is 3.55. The third-order valence-corrected chi connectivity index (χ3v) is 4.60. The van der Waals surface area contributed by atoms with Crippen LogP contribution in [0.2, 0.25) is 0 Å². The van der Waals surface area contributed by atoms with Crippen molar-refractivity contribution in [1.29, 1.82) is 0 Å². The molecule has 1 aliphatic rings. The van der Waals surface area contributed by atoms with Gasteiger partial charge in [-0.1, -0.05) is 26.0 Å². The lowest BCUT2D eigenvalue weighted by Gasteiger charge is -2.36. The van der Waals surface area contributed by atoms with Crippen molar-refractivity contribution in [1.82, 2.24) is 15.2 Å². The molecule has 0 aliphatic carbocycles. The highest BCUT2D eigenvalue weighted by atomic mass is 15.2. The van der Waals surface area contributed by atoms with E-state index in [1.165, 1.54) is 29.3 Å². The molecule has 1 atom stereocenters. The molecule has 0 bridgehead atoms. The van der Waals surface area contributed by atoms with Gasteiger partial charge in [0, 0.05) is 49.3 Å². The molecule has 3 nitrogen and oxygen atoms in total. The monoisotopic (exact) mass is 285 g/mol. The van der Waals surface area contributed by atoms with Gasteiger partial charge >= 0.3 is 0 Å². The summed E-state index contributed by atoms with van der Waals surface area (Å²) in [6.07, 6.45) is 4.60. The zero-order valence-electron chi connectivity index (χ0n) is 13.2. The number of piperazine rings is 1. The summed E-state index contributed by atoms with van der Waals surface area (Å²) in [4.78, 5) is 6.02. The Labute approximate surface area is 127 Å². The molecule has 1 saturated heterocycles. The molecule has 2 N–H and O–H groups in total. The van der Waals surface area contributed by atoms with E-state index < -0.39 is 0 Å². The molecule has 21 heavy (non-hydrogen) atoms. The van der Waals surface area contributed by atoms with Crippen LogP contribution in [-0.4, -0.2) is 36.1 Å². The van der Waals surface area contributed by atoms with Crippen molar-refractivity contribution >= 4 is 10.9 Å². The third-order valence-electron chi connectivity index (χ3n) is 4.60. The molecule has 0 radical (unpaired) electrons. The maximum Gasteiger partial charge on any atom is 0.0457 e. The normalized spacial score (nSPS) is 18.4. The van der Waals surface area contributed by atoms with Crippen LogP contribution in [0.4, 0.5) is 0 Å². The fourth-order valence-corrected chi connectivity index (χ4v) is 3.42. The van der Waals surface area contributed by atoms with Crippen molar-refractivity contribution in [2.24, 2.45) is 5.92 Å². The zero-order chi connectivity index (χ0) is 14.7. The van der Waals surface area contributed by atoms with Crippen LogP contribution in [0.5, 0.6) is 0 Å². The van der Waals surface area contributed by atoms with Crippen molar-refractivity contribution in [2.75, 3.05) is 26.2 Å². The Balaban J connectivity index is 1.91. The molecular weight excluding hydrogens is 258 g/mol. The largest absolute Gasteiger partial charge is 0.361 e. The van der Waals surface area contributed by atoms with Crippen molar-refractivity contribution < 1.29 is 0 Å². The van der Waals surface area contributed by atoms with Gasteiger partial charge in [-0.25, -0.2) is 0 Å². The molecule has 114 valence electrons. The van der Waals surface area contributed by atoms with E-state index in [2.05, 4.69) is 59.5 Å². The van der Waals surface area contributed by atoms with Crippen LogP contribution in [0.1, 0.15) is 38.3 Å². The van der Waals surface area contributed by atoms with Gasteiger partial charge in [-0.2, -0.15) is 0 Å². The first kappa shape index (κ1) is 14.6. The first-order chi connectivity index (χ1) is 10.3. The first-order valence-electron chi connectivity index (χ1n) is 8.26. The van der Waals surface area contributed by atoms with Crippen molar-refractivity contribution in [2.45, 2.75) is 32.7 Å². The number of rotatable bonds is 5. The van der Waals surface area contributed by atoms with Crippen LogP contribution in [-0.2, 0) is 0 Å². The van der Waals surface area contributed by atoms with Gasteiger partial charge in [0.2, 0.25) is 0 Å². The number of H-pyrrole nitrogens is 1. The van der Waals surface area contributed by atoms with E-state index in [0.717, 1.165) is 32.1 Å². The molecule has 1 aliphatic heterocycles. The van der Waals surface area contributed by atoms with Gasteiger partial charge in [0.25, 0.3) is 0 Å². The summed E-state index contributed by atoms with van der Waals surface area (Å²) in [5.74, 6) is 0.765. The van der Waals surface area contributed by atoms with E-state index >= 15 is 0 Å². The summed E-state index contributed by atoms with van der Waals surface area (Å²) in [6.45, 7) is 9.19. The molecule has 0 unspecified atom stereocenters. The second kappa shape index (κ2) is 6.63. The molecule has 3 heteroatoms. The van der Waals surface area contributed by atoms with Crippen LogP contribution in [0, 0.1) is 5.92 Å². The number of aromatic nitrogens is 1. The molecule has 0 amide bonds. The Hall–Kier alpha value is -1.32. The first-order valence-corrected chi connectivity index (χ1v) is 8.26. The van der Waals surface area contributed by atoms with Gasteiger partial charge < -0.3 is 10.3 Å². The minimum atomic E-state index is 0.550. The summed E-state index contributed by atoms with van der Waals surface area (Å²) < 4.78 is 0. The molecule has 2 aromatic rings. The SMILES string of the molecule is CC(C)CC[C@@H](c1cccc2[nH]ccc12)N1CCNCC1. The number of nitrogens with one attached hydrogen (secondary N) is 2. The lowest BCUT2D eigenvalue weighted by atomic mass is 9.93. The zero-order valence-corrected chi connectivity index (χ0v) is 13.2. The van der Waals surface area contributed by atoms with Crippen LogP contribution in [0.15, 0.2) is 30.5 Å². The van der Waals surface area contributed by atoms with E-state index in [0.29, 0.717) is 6.04 Å². The van der Waals surface area contributed by atoms with Gasteiger partial charge in [-0.05, 0) is 36.5 Å². The predicted molar refractivity (Wildman–Crippen MR) is 89.6 cm³/mol. The van der Waals surface area contributed by atoms with E-state index in [1.807, 2.05) is 0 Å². The molecule has 3 rings (SSSR count). The number of benzene rings is 1. The van der Waals surface area contributed by atoms with Gasteiger partial charge in [-0.15, -0.1) is 0 Å². The molecule has 2 heterocycles. The lowest BCUT2D eigenvalue weighted by molar-refractivity contribution is 0.161. The summed E-state index contributed by atoms with van der Waals surface area (Å²) in [7, 11) is 0. The van der Waals surface area contributed by atoms with Gasteiger partial charge in [-0.3, -0.25) is 4.90 Å². The number of fused-ring (bicyclic) bond motifs is 1. The minimum Gasteiger partial charge on any atom is -0.361 e. The molecule has 1 fully saturated rings. The maximum atomic E-state index is 3.47. The molecule has 0 spiro atoms. The third kappa shape index (κ3) is 3.30. The Morgan fingerprint density at radius 3 is 2.67 bits per heavy atom. The number of hydrogen-bond acceptors (Lipinski definition) is 2. The smallest absolute Gasteiger partial charge is 0.0457 e. The minimum absolute atomic E-state index is 0.550. The van der Waals surface area contributed by atoms with Gasteiger partial charge in [0.15, 0.2) is 0 Å². The second-order valence-electron chi connectivity index (χ2n) is 6.56. The molecule has 1 aromatic carbocycles. The average molecular weight is 285 g/mol. The van der Waals surface area contributed by atoms with E-state index in [-0.39, 0.29) is 0 Å². The topological polar surface area (TPSA) is 31.1 Å². The van der Waals surface area contributed by atoms with E-state index in [9.17, 15) is 0 Å². The highest BCUT2D eigenvalue weighted by Crippen LogP contribution is 2.32. The average Bonchev–Trinajstić information content (AvgIpc) is 2.97. The van der Waals surface area contributed by atoms with Crippen LogP contribution < -0.4 is 5.32 Å². The number of aromatic amines is 1. The van der Waals surface area contributed by atoms with Crippen molar-refractivity contribution in [3.63, 3.8) is 0 Å². The lowest BCUT2D eigenvalue weighted by Crippen LogP contribution is -2.45.